The van der Waals surface area contributed by atoms with Gasteiger partial charge in [-0.15, -0.1) is 5.10 Å². The molecule has 5 aromatic rings. The van der Waals surface area contributed by atoms with Gasteiger partial charge >= 0.3 is 5.97 Å². The van der Waals surface area contributed by atoms with Crippen molar-refractivity contribution >= 4 is 40.3 Å². The number of nitrogens with one attached hydrogen (secondary N) is 1. The molecule has 0 saturated heterocycles. The number of anilines is 2. The number of carbonyl (C=O) groups is 1. The van der Waals surface area contributed by atoms with Gasteiger partial charge in [0, 0.05) is 23.8 Å². The van der Waals surface area contributed by atoms with E-state index in [1.165, 1.54) is 18.0 Å². The highest BCUT2D eigenvalue weighted by molar-refractivity contribution is 7.98. The van der Waals surface area contributed by atoms with Gasteiger partial charge in [-0.2, -0.15) is 0 Å². The number of aromatic carboxylic acids is 1. The average Bonchev–Trinajstić information content (AvgIpc) is 3.29. The van der Waals surface area contributed by atoms with Gasteiger partial charge in [-0.25, -0.2) is 24.4 Å². The summed E-state index contributed by atoms with van der Waals surface area (Å²) in [6, 6.07) is 18.8. The van der Waals surface area contributed by atoms with Crippen LogP contribution in [0.2, 0.25) is 0 Å². The number of hydrogen-bond donors (Lipinski definition) is 2. The zero-order chi connectivity index (χ0) is 25.8. The molecule has 0 fully saturated rings. The summed E-state index contributed by atoms with van der Waals surface area (Å²) in [7, 11) is 1.63. The number of carboxylic acids is 1. The van der Waals surface area contributed by atoms with Crippen molar-refractivity contribution in [3.05, 3.63) is 84.2 Å². The summed E-state index contributed by atoms with van der Waals surface area (Å²) in [6.07, 6.45) is 4.78. The number of rotatable bonds is 9. The van der Waals surface area contributed by atoms with Crippen LogP contribution in [0.1, 0.15) is 15.9 Å². The minimum Gasteiger partial charge on any atom is -0.497 e. The molecule has 5 rings (SSSR count). The van der Waals surface area contributed by atoms with Gasteiger partial charge < -0.3 is 19.9 Å². The maximum absolute atomic E-state index is 11.8. The van der Waals surface area contributed by atoms with Crippen LogP contribution in [0.4, 0.5) is 11.6 Å². The molecule has 3 aromatic heterocycles. The van der Waals surface area contributed by atoms with Crippen LogP contribution in [0, 0.1) is 0 Å². The van der Waals surface area contributed by atoms with E-state index in [0.717, 1.165) is 22.2 Å². The van der Waals surface area contributed by atoms with Crippen LogP contribution in [0.5, 0.6) is 11.5 Å². The molecule has 0 aliphatic rings. The number of nitrogens with zero attached hydrogens (tertiary/aromatic N) is 5. The van der Waals surface area contributed by atoms with Gasteiger partial charge in [-0.1, -0.05) is 30.0 Å². The van der Waals surface area contributed by atoms with Gasteiger partial charge in [-0.05, 0) is 48.2 Å². The minimum atomic E-state index is -1.14. The van der Waals surface area contributed by atoms with Crippen molar-refractivity contribution < 1.29 is 19.4 Å². The SMILES string of the molecule is COc1ccc(COc2ccc3c(Nc4nc(SC)ncc4C(=O)O)nn(-c4ccccn4)c3c2)cc1. The van der Waals surface area contributed by atoms with E-state index in [4.69, 9.17) is 14.6 Å². The lowest BCUT2D eigenvalue weighted by Crippen LogP contribution is -2.07. The maximum Gasteiger partial charge on any atom is 0.341 e. The second-order valence-electron chi connectivity index (χ2n) is 7.81. The number of pyridine rings is 1. The predicted molar refractivity (Wildman–Crippen MR) is 140 cm³/mol. The van der Waals surface area contributed by atoms with E-state index in [0.29, 0.717) is 29.1 Å². The summed E-state index contributed by atoms with van der Waals surface area (Å²) in [6.45, 7) is 0.374. The number of carboxylic acid groups (broad SMARTS) is 1. The third-order valence-corrected chi connectivity index (χ3v) is 6.06. The second-order valence-corrected chi connectivity index (χ2v) is 8.59. The van der Waals surface area contributed by atoms with Gasteiger partial charge in [-0.3, -0.25) is 0 Å². The van der Waals surface area contributed by atoms with Crippen LogP contribution >= 0.6 is 11.8 Å². The van der Waals surface area contributed by atoms with Gasteiger partial charge in [0.15, 0.2) is 22.6 Å². The Labute approximate surface area is 216 Å². The fourth-order valence-corrected chi connectivity index (χ4v) is 3.99. The Morgan fingerprint density at radius 1 is 1.05 bits per heavy atom. The Morgan fingerprint density at radius 3 is 2.57 bits per heavy atom. The summed E-state index contributed by atoms with van der Waals surface area (Å²) in [5, 5.41) is 18.6. The van der Waals surface area contributed by atoms with Crippen molar-refractivity contribution in [2.24, 2.45) is 0 Å². The summed E-state index contributed by atoms with van der Waals surface area (Å²) < 4.78 is 12.9. The Hall–Kier alpha value is -4.64. The molecule has 186 valence electrons. The highest BCUT2D eigenvalue weighted by atomic mass is 32.2. The largest absolute Gasteiger partial charge is 0.497 e. The maximum atomic E-state index is 11.8. The van der Waals surface area contributed by atoms with Crippen LogP contribution in [0.15, 0.2) is 78.2 Å². The Morgan fingerprint density at radius 2 is 1.86 bits per heavy atom. The quantitative estimate of drug-likeness (QED) is 0.206. The van der Waals surface area contributed by atoms with Crippen LogP contribution in [-0.2, 0) is 6.61 Å². The zero-order valence-corrected chi connectivity index (χ0v) is 20.8. The predicted octanol–water partition coefficient (Wildman–Crippen LogP) is 4.96. The highest BCUT2D eigenvalue weighted by Gasteiger charge is 2.19. The van der Waals surface area contributed by atoms with E-state index < -0.39 is 5.97 Å². The first-order valence-corrected chi connectivity index (χ1v) is 12.4. The third kappa shape index (κ3) is 5.16. The average molecular weight is 515 g/mol. The van der Waals surface area contributed by atoms with Gasteiger partial charge in [0.05, 0.1) is 12.6 Å². The first-order valence-electron chi connectivity index (χ1n) is 11.2. The van der Waals surface area contributed by atoms with Crippen LogP contribution < -0.4 is 14.8 Å². The number of hydrogen-bond acceptors (Lipinski definition) is 9. The van der Waals surface area contributed by atoms with E-state index in [9.17, 15) is 9.90 Å². The first kappa shape index (κ1) is 24.1. The van der Waals surface area contributed by atoms with Crippen LogP contribution in [0.25, 0.3) is 16.7 Å². The topological polar surface area (TPSA) is 124 Å². The summed E-state index contributed by atoms with van der Waals surface area (Å²) in [5.74, 6) is 1.46. The molecule has 3 heterocycles. The number of methoxy groups -OCH3 is 1. The minimum absolute atomic E-state index is 0.0576. The van der Waals surface area contributed by atoms with Crippen molar-refractivity contribution in [2.45, 2.75) is 11.8 Å². The van der Waals surface area contributed by atoms with E-state index in [-0.39, 0.29) is 11.4 Å². The molecule has 0 spiro atoms. The molecule has 0 atom stereocenters. The van der Waals surface area contributed by atoms with Crippen molar-refractivity contribution in [1.29, 1.82) is 0 Å². The Bertz CT molecular complexity index is 1560. The lowest BCUT2D eigenvalue weighted by molar-refractivity contribution is 0.0697. The molecule has 0 bridgehead atoms. The number of thioether (sulfide) groups is 1. The van der Waals surface area contributed by atoms with Gasteiger partial charge in [0.2, 0.25) is 0 Å². The monoisotopic (exact) mass is 514 g/mol. The molecule has 0 radical (unpaired) electrons. The zero-order valence-electron chi connectivity index (χ0n) is 20.0. The lowest BCUT2D eigenvalue weighted by Gasteiger charge is -2.09. The third-order valence-electron chi connectivity index (χ3n) is 5.50. The number of fused-ring (bicyclic) bond motifs is 1. The van der Waals surface area contributed by atoms with Gasteiger partial charge in [0.1, 0.15) is 23.7 Å². The molecule has 11 heteroatoms. The highest BCUT2D eigenvalue weighted by Crippen LogP contribution is 2.31. The molecular formula is C26H22N6O4S. The molecule has 0 amide bonds. The smallest absolute Gasteiger partial charge is 0.341 e. The summed E-state index contributed by atoms with van der Waals surface area (Å²) in [5.41, 5.74) is 1.67. The van der Waals surface area contributed by atoms with Gasteiger partial charge in [0.25, 0.3) is 0 Å². The lowest BCUT2D eigenvalue weighted by atomic mass is 10.2. The Kier molecular flexibility index (Phi) is 6.86. The Balaban J connectivity index is 1.53. The van der Waals surface area contributed by atoms with E-state index in [1.807, 2.05) is 66.9 Å². The van der Waals surface area contributed by atoms with Crippen molar-refractivity contribution in [2.75, 3.05) is 18.7 Å². The molecule has 2 N–H and O–H groups in total. The molecule has 10 nitrogen and oxygen atoms in total. The van der Waals surface area contributed by atoms with Crippen molar-refractivity contribution in [3.8, 4) is 17.3 Å². The van der Waals surface area contributed by atoms with Crippen molar-refractivity contribution in [1.82, 2.24) is 24.7 Å². The molecule has 0 aliphatic heterocycles. The molecule has 0 aliphatic carbocycles. The fraction of sp³-hybridized carbons (Fsp3) is 0.115. The van der Waals surface area contributed by atoms with Crippen molar-refractivity contribution in [3.63, 3.8) is 0 Å². The normalized spacial score (nSPS) is 10.9. The molecule has 2 aromatic carbocycles. The van der Waals surface area contributed by atoms with Crippen LogP contribution in [0.3, 0.4) is 0 Å². The second kappa shape index (κ2) is 10.5. The number of ether oxygens (including phenoxy) is 2. The van der Waals surface area contributed by atoms with E-state index >= 15 is 0 Å². The molecular weight excluding hydrogens is 492 g/mol. The molecule has 37 heavy (non-hydrogen) atoms. The standard InChI is InChI=1S/C26H22N6O4S/c1-35-17-8-6-16(7-9-17)15-36-18-10-11-19-21(13-18)32(22-5-3-4-12-27-22)31-24(19)29-23-20(25(33)34)14-28-26(30-23)37-2/h3-14H,15H2,1-2H3,(H,33,34)(H,28,29,30,31). The first-order chi connectivity index (χ1) is 18.1. The number of aromatic nitrogens is 5. The number of benzene rings is 2. The summed E-state index contributed by atoms with van der Waals surface area (Å²) in [4.78, 5) is 24.6. The fourth-order valence-electron chi connectivity index (χ4n) is 3.65. The van der Waals surface area contributed by atoms with E-state index in [1.54, 1.807) is 18.0 Å². The molecule has 0 unspecified atom stereocenters. The summed E-state index contributed by atoms with van der Waals surface area (Å²) >= 11 is 1.31. The molecule has 0 saturated carbocycles. The van der Waals surface area contributed by atoms with Crippen LogP contribution in [-0.4, -0.2) is 49.2 Å². The van der Waals surface area contributed by atoms with E-state index in [2.05, 4.69) is 20.3 Å².